The lowest BCUT2D eigenvalue weighted by Gasteiger charge is -2.27. The van der Waals surface area contributed by atoms with Crippen molar-refractivity contribution in [1.29, 1.82) is 0 Å². The zero-order valence-electron chi connectivity index (χ0n) is 22.4. The minimum Gasteiger partial charge on any atom is -0.382 e. The Morgan fingerprint density at radius 3 is 2.00 bits per heavy atom. The zero-order valence-corrected chi connectivity index (χ0v) is 25.1. The summed E-state index contributed by atoms with van der Waals surface area (Å²) in [4.78, 5) is 24.2. The maximum atomic E-state index is 16.0. The molecule has 0 aromatic carbocycles. The summed E-state index contributed by atoms with van der Waals surface area (Å²) in [6.07, 6.45) is -7.78. The fourth-order valence-electron chi connectivity index (χ4n) is 5.27. The molecule has 3 saturated heterocycles. The van der Waals surface area contributed by atoms with Crippen LogP contribution in [0.3, 0.4) is 0 Å². The second-order valence-electron chi connectivity index (χ2n) is 10.2. The highest BCUT2D eigenvalue weighted by molar-refractivity contribution is 8.44. The maximum absolute atomic E-state index is 16.0. The summed E-state index contributed by atoms with van der Waals surface area (Å²) in [5, 5.41) is 0. The first-order valence-electron chi connectivity index (χ1n) is 12.9. The molecule has 7 rings (SSSR count). The largest absolute Gasteiger partial charge is 0.386 e. The molecule has 2 unspecified atom stereocenters. The van der Waals surface area contributed by atoms with Gasteiger partial charge in [-0.25, -0.2) is 43.2 Å². The second kappa shape index (κ2) is 10.9. The van der Waals surface area contributed by atoms with Gasteiger partial charge >= 0.3 is 6.80 Å². The zero-order chi connectivity index (χ0) is 31.0. The number of fused-ring (bicyclic) bond motifs is 5. The molecule has 234 valence electrons. The molecule has 4 aromatic rings. The Morgan fingerprint density at radius 1 is 0.795 bits per heavy atom. The lowest BCUT2D eigenvalue weighted by Crippen LogP contribution is -2.34. The molecule has 18 nitrogen and oxygen atoms in total. The van der Waals surface area contributed by atoms with Gasteiger partial charge < -0.3 is 30.0 Å². The standard InChI is InChI=1S/C20H23BF2N10O8P2S/c21-42(34)36-2-8-13(10(23)19(39-8)32-5-30-11-15(24)26-3-28-17(11)32)41-43(35,44)37-1-7-9(22)14(40-42)20(38-7)33-6-31-12-16(25)27-4-29-18(12)33/h3-10,13-14,19-20H,1-2,21H2,(H,35,44)(H2,24,26,28)(H2,25,27,29)/t7-,8-,9-,10-,13-,14-,19-,20-,42?,43?/m1/s1. The van der Waals surface area contributed by atoms with E-state index in [4.69, 9.17) is 39.0 Å². The van der Waals surface area contributed by atoms with Gasteiger partial charge in [-0.2, -0.15) is 0 Å². The van der Waals surface area contributed by atoms with Crippen molar-refractivity contribution in [3.63, 3.8) is 0 Å². The van der Waals surface area contributed by atoms with E-state index < -0.39 is 76.7 Å². The Kier molecular flexibility index (Phi) is 7.42. The van der Waals surface area contributed by atoms with Crippen LogP contribution in [0.15, 0.2) is 25.3 Å². The van der Waals surface area contributed by atoms with Gasteiger partial charge in [0, 0.05) is 0 Å². The van der Waals surface area contributed by atoms with E-state index in [0.29, 0.717) is 0 Å². The van der Waals surface area contributed by atoms with Crippen molar-refractivity contribution >= 4 is 68.0 Å². The Balaban J connectivity index is 1.20. The number of anilines is 2. The molecular weight excluding hydrogens is 651 g/mol. The number of rotatable bonds is 2. The van der Waals surface area contributed by atoms with Crippen molar-refractivity contribution in [1.82, 2.24) is 39.0 Å². The first-order chi connectivity index (χ1) is 20.9. The number of thiol groups is 1. The summed E-state index contributed by atoms with van der Waals surface area (Å²) < 4.78 is 95.1. The smallest absolute Gasteiger partial charge is 0.382 e. The Labute approximate surface area is 251 Å². The van der Waals surface area contributed by atoms with Crippen molar-refractivity contribution < 1.29 is 45.5 Å². The van der Waals surface area contributed by atoms with Crippen LogP contribution < -0.4 is 11.5 Å². The number of hydrogen-bond donors (Lipinski definition) is 3. The van der Waals surface area contributed by atoms with Crippen molar-refractivity contribution in [2.24, 2.45) is 0 Å². The molecule has 3 fully saturated rings. The SMILES string of the molecule is BP1(=O)OC[C@H]2O[C@@H](n3cnc4c(N)ncnc43)[C@H](F)[C@@H]2OP(=O)(S)OC[C@H]2O[C@@H](n3cnc4c(N)ncnc43)[C@H](O1)[C@@H]2F. The van der Waals surface area contributed by atoms with E-state index in [-0.39, 0.29) is 34.0 Å². The normalized spacial score (nSPS) is 38.2. The van der Waals surface area contributed by atoms with E-state index in [1.165, 1.54) is 34.4 Å². The summed E-state index contributed by atoms with van der Waals surface area (Å²) in [6, 6.07) is 0. The van der Waals surface area contributed by atoms with E-state index >= 15 is 8.78 Å². The summed E-state index contributed by atoms with van der Waals surface area (Å²) in [5.41, 5.74) is 12.5. The first-order valence-corrected chi connectivity index (χ1v) is 17.6. The van der Waals surface area contributed by atoms with E-state index in [0.717, 1.165) is 7.57 Å². The Morgan fingerprint density at radius 2 is 1.36 bits per heavy atom. The van der Waals surface area contributed by atoms with Crippen molar-refractivity contribution in [3.8, 4) is 0 Å². The van der Waals surface area contributed by atoms with Gasteiger partial charge in [-0.05, 0) is 0 Å². The molecule has 10 atom stereocenters. The second-order valence-corrected chi connectivity index (χ2v) is 15.0. The van der Waals surface area contributed by atoms with Crippen molar-refractivity contribution in [2.45, 2.75) is 49.2 Å². The topological polar surface area (TPSA) is 229 Å². The minimum atomic E-state index is -4.40. The molecule has 0 amide bonds. The van der Waals surface area contributed by atoms with Crippen LogP contribution in [0.2, 0.25) is 0 Å². The highest BCUT2D eigenvalue weighted by Gasteiger charge is 2.54. The number of nitrogen functional groups attached to an aromatic ring is 2. The molecular formula is C20H23BF2N10O8P2S. The summed E-state index contributed by atoms with van der Waals surface area (Å²) in [7, 11) is -3.02. The van der Waals surface area contributed by atoms with Crippen LogP contribution in [0.25, 0.3) is 22.3 Å². The number of nitrogens with zero attached hydrogens (tertiary/aromatic N) is 8. The third-order valence-electron chi connectivity index (χ3n) is 7.30. The summed E-state index contributed by atoms with van der Waals surface area (Å²) in [5.74, 6) is 0.124. The highest BCUT2D eigenvalue weighted by atomic mass is 32.7. The van der Waals surface area contributed by atoms with E-state index in [2.05, 4.69) is 42.2 Å². The van der Waals surface area contributed by atoms with E-state index in [1.54, 1.807) is 0 Å². The first kappa shape index (κ1) is 29.9. The third-order valence-corrected chi connectivity index (χ3v) is 10.2. The third kappa shape index (κ3) is 5.17. The van der Waals surface area contributed by atoms with Crippen LogP contribution in [-0.2, 0) is 36.7 Å². The maximum Gasteiger partial charge on any atom is 0.386 e. The predicted molar refractivity (Wildman–Crippen MR) is 151 cm³/mol. The van der Waals surface area contributed by atoms with Gasteiger partial charge in [-0.3, -0.25) is 22.7 Å². The quantitative estimate of drug-likeness (QED) is 0.152. The number of hydrogen-bond acceptors (Lipinski definition) is 16. The fraction of sp³-hybridized carbons (Fsp3) is 0.500. The summed E-state index contributed by atoms with van der Waals surface area (Å²) in [6.45, 7) is -5.66. The van der Waals surface area contributed by atoms with Gasteiger partial charge in [0.05, 0.1) is 25.9 Å². The molecule has 0 spiro atoms. The number of alkyl halides is 2. The number of aromatic nitrogens is 8. The van der Waals surface area contributed by atoms with Gasteiger partial charge in [-0.1, -0.05) is 12.2 Å². The number of nitrogens with two attached hydrogens (primary N) is 2. The van der Waals surface area contributed by atoms with Gasteiger partial charge in [-0.15, -0.1) is 0 Å². The number of imidazole rings is 2. The van der Waals surface area contributed by atoms with Crippen molar-refractivity contribution in [3.05, 3.63) is 25.3 Å². The summed E-state index contributed by atoms with van der Waals surface area (Å²) >= 11 is 3.99. The van der Waals surface area contributed by atoms with E-state index in [9.17, 15) is 9.13 Å². The van der Waals surface area contributed by atoms with Crippen LogP contribution in [0, 0.1) is 0 Å². The average Bonchev–Trinajstić information content (AvgIpc) is 3.73. The Bertz CT molecular complexity index is 1840. The molecule has 0 saturated carbocycles. The molecule has 4 N–H and O–H groups in total. The van der Waals surface area contributed by atoms with Gasteiger partial charge in [0.15, 0.2) is 47.7 Å². The van der Waals surface area contributed by atoms with Crippen LogP contribution in [0.4, 0.5) is 20.4 Å². The molecule has 44 heavy (non-hydrogen) atoms. The molecule has 3 aliphatic rings. The van der Waals surface area contributed by atoms with E-state index in [1.807, 2.05) is 0 Å². The predicted octanol–water partition coefficient (Wildman–Crippen LogP) is 0.898. The molecule has 3 aliphatic heterocycles. The van der Waals surface area contributed by atoms with Crippen molar-refractivity contribution in [2.75, 3.05) is 24.7 Å². The molecule has 7 heterocycles. The van der Waals surface area contributed by atoms with Gasteiger partial charge in [0.25, 0.3) is 15.0 Å². The average molecular weight is 674 g/mol. The molecule has 0 radical (unpaired) electrons. The molecule has 4 aromatic heterocycles. The van der Waals surface area contributed by atoms with Gasteiger partial charge in [0.2, 0.25) is 0 Å². The highest BCUT2D eigenvalue weighted by Crippen LogP contribution is 2.58. The number of ether oxygens (including phenoxy) is 2. The van der Waals surface area contributed by atoms with Gasteiger partial charge in [0.1, 0.15) is 48.1 Å². The van der Waals surface area contributed by atoms with Crippen LogP contribution in [-0.4, -0.2) is 96.6 Å². The molecule has 0 aliphatic carbocycles. The molecule has 2 bridgehead atoms. The lowest BCUT2D eigenvalue weighted by atomic mass is 10.1. The molecule has 24 heteroatoms. The van der Waals surface area contributed by atoms with Crippen LogP contribution >= 0.6 is 26.5 Å². The Hall–Kier alpha value is -2.81. The monoisotopic (exact) mass is 674 g/mol. The van der Waals surface area contributed by atoms with Crippen LogP contribution in [0.1, 0.15) is 12.5 Å². The minimum absolute atomic E-state index is 0.0579. The fourth-order valence-corrected chi connectivity index (χ4v) is 7.89. The van der Waals surface area contributed by atoms with Crippen LogP contribution in [0.5, 0.6) is 0 Å². The number of halogens is 2. The lowest BCUT2D eigenvalue weighted by molar-refractivity contribution is -0.0565.